The molecular formula is C10H13N3O3. The van der Waals surface area contributed by atoms with Crippen molar-refractivity contribution in [1.29, 1.82) is 0 Å². The normalized spacial score (nSPS) is 14.6. The number of methoxy groups -OCH3 is 1. The van der Waals surface area contributed by atoms with Crippen LogP contribution in [0.1, 0.15) is 23.2 Å². The van der Waals surface area contributed by atoms with Gasteiger partial charge in [-0.15, -0.1) is 0 Å². The lowest BCUT2D eigenvalue weighted by Crippen LogP contribution is -2.29. The number of rotatable bonds is 4. The molecule has 1 amide bonds. The zero-order valence-corrected chi connectivity index (χ0v) is 8.97. The molecule has 6 heteroatoms. The summed E-state index contributed by atoms with van der Waals surface area (Å²) in [6.45, 7) is 0.132. The van der Waals surface area contributed by atoms with Crippen molar-refractivity contribution >= 4 is 11.9 Å². The minimum Gasteiger partial charge on any atom is -0.465 e. The van der Waals surface area contributed by atoms with E-state index in [1.54, 1.807) is 0 Å². The van der Waals surface area contributed by atoms with Crippen LogP contribution in [0.3, 0.4) is 0 Å². The van der Waals surface area contributed by atoms with Gasteiger partial charge in [-0.2, -0.15) is 5.10 Å². The first kappa shape index (κ1) is 10.7. The summed E-state index contributed by atoms with van der Waals surface area (Å²) >= 11 is 0. The number of hydrogen-bond acceptors (Lipinski definition) is 4. The Morgan fingerprint density at radius 3 is 3.00 bits per heavy atom. The molecule has 1 aliphatic carbocycles. The van der Waals surface area contributed by atoms with Crippen LogP contribution >= 0.6 is 0 Å². The van der Waals surface area contributed by atoms with Gasteiger partial charge in [-0.3, -0.25) is 9.48 Å². The van der Waals surface area contributed by atoms with Crippen LogP contribution in [-0.4, -0.2) is 34.8 Å². The Morgan fingerprint density at radius 2 is 2.38 bits per heavy atom. The molecule has 6 nitrogen and oxygen atoms in total. The van der Waals surface area contributed by atoms with E-state index < -0.39 is 5.97 Å². The van der Waals surface area contributed by atoms with Crippen molar-refractivity contribution in [2.45, 2.75) is 25.4 Å². The zero-order valence-electron chi connectivity index (χ0n) is 8.97. The Bertz CT molecular complexity index is 409. The molecule has 1 heterocycles. The van der Waals surface area contributed by atoms with Crippen molar-refractivity contribution in [3.8, 4) is 0 Å². The predicted molar refractivity (Wildman–Crippen MR) is 54.7 cm³/mol. The number of amides is 1. The van der Waals surface area contributed by atoms with Gasteiger partial charge in [0.05, 0.1) is 18.9 Å². The van der Waals surface area contributed by atoms with E-state index >= 15 is 0 Å². The van der Waals surface area contributed by atoms with Crippen LogP contribution in [0.15, 0.2) is 12.4 Å². The average molecular weight is 223 g/mol. The second kappa shape index (κ2) is 4.34. The first-order valence-electron chi connectivity index (χ1n) is 5.09. The molecule has 1 fully saturated rings. The van der Waals surface area contributed by atoms with Gasteiger partial charge in [-0.1, -0.05) is 0 Å². The summed E-state index contributed by atoms with van der Waals surface area (Å²) in [7, 11) is 1.31. The van der Waals surface area contributed by atoms with Gasteiger partial charge in [0, 0.05) is 12.2 Å². The number of nitrogens with zero attached hydrogens (tertiary/aromatic N) is 2. The van der Waals surface area contributed by atoms with Gasteiger partial charge in [0.15, 0.2) is 0 Å². The van der Waals surface area contributed by atoms with Crippen molar-refractivity contribution in [2.75, 3.05) is 7.11 Å². The lowest BCUT2D eigenvalue weighted by molar-refractivity contribution is -0.122. The van der Waals surface area contributed by atoms with E-state index in [0.717, 1.165) is 12.8 Å². The highest BCUT2D eigenvalue weighted by atomic mass is 16.5. The standard InChI is InChI=1S/C10H13N3O3/c1-16-10(15)7-4-11-13(5-7)6-9(14)12-8-2-3-8/h4-5,8H,2-3,6H2,1H3,(H,12,14). The van der Waals surface area contributed by atoms with Crippen molar-refractivity contribution in [3.05, 3.63) is 18.0 Å². The minimum atomic E-state index is -0.450. The molecule has 0 atom stereocenters. The second-order valence-electron chi connectivity index (χ2n) is 3.76. The molecule has 0 aliphatic heterocycles. The fourth-order valence-electron chi connectivity index (χ4n) is 1.32. The van der Waals surface area contributed by atoms with E-state index in [9.17, 15) is 9.59 Å². The molecule has 1 aromatic rings. The molecule has 86 valence electrons. The summed E-state index contributed by atoms with van der Waals surface area (Å²) < 4.78 is 5.96. The molecule has 2 rings (SSSR count). The highest BCUT2D eigenvalue weighted by Gasteiger charge is 2.23. The molecule has 1 aromatic heterocycles. The summed E-state index contributed by atoms with van der Waals surface area (Å²) in [5.74, 6) is -0.532. The van der Waals surface area contributed by atoms with E-state index in [0.29, 0.717) is 11.6 Å². The Kier molecular flexibility index (Phi) is 2.89. The maximum atomic E-state index is 11.4. The lowest BCUT2D eigenvalue weighted by atomic mass is 10.4. The lowest BCUT2D eigenvalue weighted by Gasteiger charge is -2.02. The van der Waals surface area contributed by atoms with Gasteiger partial charge >= 0.3 is 5.97 Å². The van der Waals surface area contributed by atoms with Gasteiger partial charge in [-0.05, 0) is 12.8 Å². The van der Waals surface area contributed by atoms with Crippen LogP contribution in [0.4, 0.5) is 0 Å². The number of hydrogen-bond donors (Lipinski definition) is 1. The van der Waals surface area contributed by atoms with Crippen LogP contribution in [0, 0.1) is 0 Å². The number of carbonyl (C=O) groups excluding carboxylic acids is 2. The summed E-state index contributed by atoms with van der Waals surface area (Å²) in [5, 5.41) is 6.75. The molecule has 0 radical (unpaired) electrons. The van der Waals surface area contributed by atoms with Crippen molar-refractivity contribution in [1.82, 2.24) is 15.1 Å². The van der Waals surface area contributed by atoms with Crippen LogP contribution in [-0.2, 0) is 16.1 Å². The van der Waals surface area contributed by atoms with Crippen molar-refractivity contribution in [2.24, 2.45) is 0 Å². The maximum absolute atomic E-state index is 11.4. The fourth-order valence-corrected chi connectivity index (χ4v) is 1.32. The summed E-state index contributed by atoms with van der Waals surface area (Å²) in [6.07, 6.45) is 4.99. The third kappa shape index (κ3) is 2.59. The van der Waals surface area contributed by atoms with E-state index in [1.165, 1.54) is 24.2 Å². The van der Waals surface area contributed by atoms with Gasteiger partial charge < -0.3 is 10.1 Å². The minimum absolute atomic E-state index is 0.0815. The Labute approximate surface area is 92.6 Å². The molecule has 0 aromatic carbocycles. The summed E-state index contributed by atoms with van der Waals surface area (Å²) in [5.41, 5.74) is 0.349. The molecule has 1 N–H and O–H groups in total. The van der Waals surface area contributed by atoms with E-state index in [2.05, 4.69) is 15.2 Å². The van der Waals surface area contributed by atoms with Gasteiger partial charge in [0.25, 0.3) is 0 Å². The molecule has 0 spiro atoms. The molecular weight excluding hydrogens is 210 g/mol. The number of carbonyl (C=O) groups is 2. The smallest absolute Gasteiger partial charge is 0.341 e. The van der Waals surface area contributed by atoms with Crippen LogP contribution in [0.2, 0.25) is 0 Å². The van der Waals surface area contributed by atoms with E-state index in [1.807, 2.05) is 0 Å². The average Bonchev–Trinajstić information content (AvgIpc) is 2.94. The molecule has 0 saturated heterocycles. The Balaban J connectivity index is 1.91. The third-order valence-electron chi connectivity index (χ3n) is 2.30. The number of esters is 1. The highest BCUT2D eigenvalue weighted by molar-refractivity contribution is 5.88. The summed E-state index contributed by atoms with van der Waals surface area (Å²) in [6, 6.07) is 0.336. The Morgan fingerprint density at radius 1 is 1.62 bits per heavy atom. The molecule has 0 unspecified atom stereocenters. The van der Waals surface area contributed by atoms with Crippen LogP contribution < -0.4 is 5.32 Å². The second-order valence-corrected chi connectivity index (χ2v) is 3.76. The largest absolute Gasteiger partial charge is 0.465 e. The van der Waals surface area contributed by atoms with E-state index in [-0.39, 0.29) is 12.5 Å². The van der Waals surface area contributed by atoms with Crippen molar-refractivity contribution < 1.29 is 14.3 Å². The first-order valence-corrected chi connectivity index (χ1v) is 5.09. The number of aromatic nitrogens is 2. The number of ether oxygens (including phenoxy) is 1. The van der Waals surface area contributed by atoms with Crippen LogP contribution in [0.5, 0.6) is 0 Å². The SMILES string of the molecule is COC(=O)c1cnn(CC(=O)NC2CC2)c1. The molecule has 16 heavy (non-hydrogen) atoms. The highest BCUT2D eigenvalue weighted by Crippen LogP contribution is 2.18. The number of nitrogens with one attached hydrogen (secondary N) is 1. The topological polar surface area (TPSA) is 73.2 Å². The van der Waals surface area contributed by atoms with Gasteiger partial charge in [-0.25, -0.2) is 4.79 Å². The third-order valence-corrected chi connectivity index (χ3v) is 2.30. The zero-order chi connectivity index (χ0) is 11.5. The fraction of sp³-hybridized carbons (Fsp3) is 0.500. The molecule has 1 saturated carbocycles. The maximum Gasteiger partial charge on any atom is 0.341 e. The quantitative estimate of drug-likeness (QED) is 0.726. The summed E-state index contributed by atoms with van der Waals surface area (Å²) in [4.78, 5) is 22.5. The first-order chi connectivity index (χ1) is 7.69. The molecule has 0 bridgehead atoms. The Hall–Kier alpha value is -1.85. The monoisotopic (exact) mass is 223 g/mol. The molecule has 1 aliphatic rings. The van der Waals surface area contributed by atoms with Crippen molar-refractivity contribution in [3.63, 3.8) is 0 Å². The van der Waals surface area contributed by atoms with Gasteiger partial charge in [0.1, 0.15) is 6.54 Å². The van der Waals surface area contributed by atoms with E-state index in [4.69, 9.17) is 0 Å². The van der Waals surface area contributed by atoms with Crippen LogP contribution in [0.25, 0.3) is 0 Å². The van der Waals surface area contributed by atoms with Gasteiger partial charge in [0.2, 0.25) is 5.91 Å². The predicted octanol–water partition coefficient (Wildman–Crippen LogP) is -0.0517.